The number of nitrogens with zero attached hydrogens (tertiary/aromatic N) is 4. The Bertz CT molecular complexity index is 508. The molecule has 92 valence electrons. The Morgan fingerprint density at radius 2 is 2.12 bits per heavy atom. The zero-order chi connectivity index (χ0) is 12.5. The number of hydrogen-bond donors (Lipinski definition) is 1. The van der Waals surface area contributed by atoms with Crippen LogP contribution in [0, 0.1) is 6.92 Å². The van der Waals surface area contributed by atoms with Gasteiger partial charge in [0.1, 0.15) is 0 Å². The third kappa shape index (κ3) is 2.90. The maximum atomic E-state index is 12.2. The van der Waals surface area contributed by atoms with E-state index in [1.54, 1.807) is 6.92 Å². The minimum Gasteiger partial charge on any atom is -0.351 e. The molecule has 17 heavy (non-hydrogen) atoms. The number of aryl methyl sites for hydroxylation is 1. The van der Waals surface area contributed by atoms with Gasteiger partial charge in [0.05, 0.1) is 6.54 Å². The lowest BCUT2D eigenvalue weighted by molar-refractivity contribution is -0.138. The highest BCUT2D eigenvalue weighted by Gasteiger charge is 2.35. The molecule has 2 aromatic heterocycles. The van der Waals surface area contributed by atoms with Gasteiger partial charge in [0.15, 0.2) is 5.82 Å². The summed E-state index contributed by atoms with van der Waals surface area (Å²) < 4.78 is 41.4. The van der Waals surface area contributed by atoms with Crippen molar-refractivity contribution in [3.05, 3.63) is 16.7 Å². The van der Waals surface area contributed by atoms with E-state index in [0.29, 0.717) is 17.2 Å². The zero-order valence-corrected chi connectivity index (χ0v) is 9.26. The molecule has 0 fully saturated rings. The van der Waals surface area contributed by atoms with Gasteiger partial charge in [-0.2, -0.15) is 18.2 Å². The molecule has 0 spiro atoms. The molecule has 0 aromatic carbocycles. The monoisotopic (exact) mass is 265 g/mol. The molecule has 0 saturated carbocycles. The van der Waals surface area contributed by atoms with Gasteiger partial charge in [0.25, 0.3) is 0 Å². The van der Waals surface area contributed by atoms with E-state index in [0.717, 1.165) is 0 Å². The average molecular weight is 265 g/mol. The fourth-order valence-electron chi connectivity index (χ4n) is 0.972. The van der Waals surface area contributed by atoms with Crippen LogP contribution in [0.25, 0.3) is 0 Å². The van der Waals surface area contributed by atoms with Crippen molar-refractivity contribution in [2.45, 2.75) is 19.6 Å². The van der Waals surface area contributed by atoms with Gasteiger partial charge in [-0.1, -0.05) is 16.5 Å². The summed E-state index contributed by atoms with van der Waals surface area (Å²) in [6, 6.07) is 0. The Balaban J connectivity index is 1.98. The smallest absolute Gasteiger partial charge is 0.351 e. The molecular formula is C7H6F3N5OS. The van der Waals surface area contributed by atoms with E-state index in [-0.39, 0.29) is 17.6 Å². The lowest BCUT2D eigenvalue weighted by Crippen LogP contribution is -2.03. The first-order valence-electron chi connectivity index (χ1n) is 4.39. The van der Waals surface area contributed by atoms with Crippen molar-refractivity contribution in [2.24, 2.45) is 0 Å². The molecule has 0 unspecified atom stereocenters. The van der Waals surface area contributed by atoms with Crippen molar-refractivity contribution < 1.29 is 17.7 Å². The summed E-state index contributed by atoms with van der Waals surface area (Å²) in [5.74, 6) is 0.723. The van der Waals surface area contributed by atoms with E-state index >= 15 is 0 Å². The van der Waals surface area contributed by atoms with Crippen LogP contribution in [0.2, 0.25) is 0 Å². The summed E-state index contributed by atoms with van der Waals surface area (Å²) in [6.07, 6.45) is -4.47. The molecule has 2 aromatic rings. The fraction of sp³-hybridized carbons (Fsp3) is 0.429. The number of aromatic nitrogens is 4. The highest BCUT2D eigenvalue weighted by atomic mass is 32.1. The lowest BCUT2D eigenvalue weighted by atomic mass is 10.6. The highest BCUT2D eigenvalue weighted by Crippen LogP contribution is 2.32. The Labute approximate surface area is 96.9 Å². The van der Waals surface area contributed by atoms with Crippen LogP contribution in [0.15, 0.2) is 4.52 Å². The Morgan fingerprint density at radius 3 is 2.65 bits per heavy atom. The van der Waals surface area contributed by atoms with E-state index in [1.807, 2.05) is 0 Å². The van der Waals surface area contributed by atoms with Gasteiger partial charge < -0.3 is 9.84 Å². The van der Waals surface area contributed by atoms with Crippen molar-refractivity contribution in [1.29, 1.82) is 0 Å². The molecule has 0 aliphatic rings. The molecule has 6 nitrogen and oxygen atoms in total. The molecule has 0 aliphatic heterocycles. The molecule has 0 radical (unpaired) electrons. The minimum atomic E-state index is -4.47. The molecular weight excluding hydrogens is 259 g/mol. The molecule has 0 bridgehead atoms. The lowest BCUT2D eigenvalue weighted by Gasteiger charge is -1.98. The molecule has 2 rings (SSSR count). The second kappa shape index (κ2) is 4.28. The van der Waals surface area contributed by atoms with Crippen molar-refractivity contribution in [2.75, 3.05) is 5.32 Å². The summed E-state index contributed by atoms with van der Waals surface area (Å²) in [6.45, 7) is 1.74. The predicted molar refractivity (Wildman–Crippen MR) is 51.3 cm³/mol. The normalized spacial score (nSPS) is 11.8. The maximum Gasteiger partial charge on any atom is 0.445 e. The second-order valence-electron chi connectivity index (χ2n) is 3.00. The summed E-state index contributed by atoms with van der Waals surface area (Å²) in [7, 11) is 0. The van der Waals surface area contributed by atoms with Gasteiger partial charge in [0, 0.05) is 0 Å². The molecule has 0 amide bonds. The van der Waals surface area contributed by atoms with E-state index in [9.17, 15) is 13.2 Å². The number of rotatable bonds is 3. The Kier molecular flexibility index (Phi) is 2.96. The molecule has 0 saturated heterocycles. The number of nitrogens with one attached hydrogen (secondary N) is 1. The minimum absolute atomic E-state index is 0.0492. The highest BCUT2D eigenvalue weighted by molar-refractivity contribution is 7.15. The van der Waals surface area contributed by atoms with Crippen LogP contribution in [0.5, 0.6) is 0 Å². The fourth-order valence-corrected chi connectivity index (χ4v) is 1.58. The SMILES string of the molecule is Cc1noc(CNc2nnc(C(F)(F)F)s2)n1. The topological polar surface area (TPSA) is 76.7 Å². The zero-order valence-electron chi connectivity index (χ0n) is 8.45. The molecule has 2 heterocycles. The van der Waals surface area contributed by atoms with Crippen LogP contribution >= 0.6 is 11.3 Å². The van der Waals surface area contributed by atoms with E-state index in [2.05, 4.69) is 25.7 Å². The van der Waals surface area contributed by atoms with Crippen LogP contribution < -0.4 is 5.32 Å². The van der Waals surface area contributed by atoms with Gasteiger partial charge in [-0.15, -0.1) is 10.2 Å². The second-order valence-corrected chi connectivity index (χ2v) is 3.98. The van der Waals surface area contributed by atoms with Gasteiger partial charge >= 0.3 is 6.18 Å². The summed E-state index contributed by atoms with van der Waals surface area (Å²) in [5, 5.41) is 11.6. The predicted octanol–water partition coefficient (Wildman–Crippen LogP) is 1.86. The summed E-state index contributed by atoms with van der Waals surface area (Å²) in [5.41, 5.74) is 0. The first-order chi connectivity index (χ1) is 7.95. The Morgan fingerprint density at radius 1 is 1.35 bits per heavy atom. The number of hydrogen-bond acceptors (Lipinski definition) is 7. The van der Waals surface area contributed by atoms with Gasteiger partial charge in [-0.3, -0.25) is 0 Å². The van der Waals surface area contributed by atoms with E-state index < -0.39 is 11.2 Å². The first kappa shape index (κ1) is 11.8. The van der Waals surface area contributed by atoms with Crippen LogP contribution in [-0.4, -0.2) is 20.3 Å². The number of halogens is 3. The van der Waals surface area contributed by atoms with Crippen molar-refractivity contribution in [1.82, 2.24) is 20.3 Å². The number of anilines is 1. The van der Waals surface area contributed by atoms with E-state index in [4.69, 9.17) is 4.52 Å². The van der Waals surface area contributed by atoms with E-state index in [1.165, 1.54) is 0 Å². The molecule has 10 heteroatoms. The summed E-state index contributed by atoms with van der Waals surface area (Å²) >= 11 is 0.418. The molecule has 0 aliphatic carbocycles. The van der Waals surface area contributed by atoms with Gasteiger partial charge in [-0.05, 0) is 6.92 Å². The third-order valence-corrected chi connectivity index (χ3v) is 2.55. The van der Waals surface area contributed by atoms with Gasteiger partial charge in [-0.25, -0.2) is 0 Å². The maximum absolute atomic E-state index is 12.2. The molecule has 1 N–H and O–H groups in total. The first-order valence-corrected chi connectivity index (χ1v) is 5.20. The average Bonchev–Trinajstić information content (AvgIpc) is 2.82. The third-order valence-electron chi connectivity index (χ3n) is 1.63. The Hall–Kier alpha value is -1.71. The van der Waals surface area contributed by atoms with Crippen LogP contribution in [0.1, 0.15) is 16.7 Å². The largest absolute Gasteiger partial charge is 0.445 e. The van der Waals surface area contributed by atoms with Crippen LogP contribution in [0.4, 0.5) is 18.3 Å². The van der Waals surface area contributed by atoms with Crippen molar-refractivity contribution >= 4 is 16.5 Å². The number of alkyl halides is 3. The van der Waals surface area contributed by atoms with Crippen molar-refractivity contribution in [3.63, 3.8) is 0 Å². The van der Waals surface area contributed by atoms with Crippen LogP contribution in [0.3, 0.4) is 0 Å². The van der Waals surface area contributed by atoms with Crippen LogP contribution in [-0.2, 0) is 12.7 Å². The van der Waals surface area contributed by atoms with Crippen molar-refractivity contribution in [3.8, 4) is 0 Å². The standard InChI is InChI=1S/C7H6F3N5OS/c1-3-12-4(16-15-3)2-11-6-14-13-5(17-6)7(8,9)10/h2H2,1H3,(H,11,14). The molecule has 0 atom stereocenters. The quantitative estimate of drug-likeness (QED) is 0.912. The summed E-state index contributed by atoms with van der Waals surface area (Å²) in [4.78, 5) is 3.88. The van der Waals surface area contributed by atoms with Gasteiger partial charge in [0.2, 0.25) is 16.0 Å².